The minimum Gasteiger partial charge on any atom is -0.389 e. The van der Waals surface area contributed by atoms with Gasteiger partial charge in [0.15, 0.2) is 17.9 Å². The molecule has 4 aliphatic carbocycles. The number of carbonyl (C=O) groups is 2. The summed E-state index contributed by atoms with van der Waals surface area (Å²) in [4.78, 5) is 24.4. The number of fused-ring (bicyclic) bond motifs is 6. The van der Waals surface area contributed by atoms with Gasteiger partial charge < -0.3 is 20.1 Å². The topological polar surface area (TPSA) is 104 Å². The normalized spacial score (nSPS) is 53.4. The van der Waals surface area contributed by atoms with E-state index in [1.165, 1.54) is 0 Å². The van der Waals surface area contributed by atoms with Crippen LogP contribution in [0.4, 0.5) is 0 Å². The van der Waals surface area contributed by atoms with E-state index in [-0.39, 0.29) is 46.8 Å². The summed E-state index contributed by atoms with van der Waals surface area (Å²) in [6, 6.07) is 0. The van der Waals surface area contributed by atoms with E-state index in [4.69, 9.17) is 4.74 Å². The van der Waals surface area contributed by atoms with E-state index in [9.17, 15) is 24.9 Å². The molecule has 0 aromatic carbocycles. The van der Waals surface area contributed by atoms with Crippen LogP contribution in [0.25, 0.3) is 0 Å². The van der Waals surface area contributed by atoms with Gasteiger partial charge in [-0.2, -0.15) is 0 Å². The van der Waals surface area contributed by atoms with Gasteiger partial charge in [0.1, 0.15) is 6.61 Å². The van der Waals surface area contributed by atoms with Crippen molar-refractivity contribution in [2.45, 2.75) is 63.9 Å². The Bertz CT molecular complexity index is 730. The molecular weight excluding hydrogens is 348 g/mol. The molecule has 2 bridgehead atoms. The van der Waals surface area contributed by atoms with E-state index in [2.05, 4.69) is 6.92 Å². The third-order valence-corrected chi connectivity index (χ3v) is 8.80. The van der Waals surface area contributed by atoms with Crippen LogP contribution < -0.4 is 0 Å². The summed E-state index contributed by atoms with van der Waals surface area (Å²) >= 11 is 0. The van der Waals surface area contributed by atoms with E-state index in [1.807, 2.05) is 0 Å². The summed E-state index contributed by atoms with van der Waals surface area (Å²) in [5.74, 6) is -0.107. The molecule has 0 radical (unpaired) electrons. The van der Waals surface area contributed by atoms with Crippen molar-refractivity contribution in [3.8, 4) is 0 Å². The highest BCUT2D eigenvalue weighted by molar-refractivity contribution is 5.92. The molecule has 27 heavy (non-hydrogen) atoms. The molecule has 6 heteroatoms. The molecule has 1 saturated heterocycles. The standard InChI is InChI=1S/C21H28O6/c1-20-5-4-10(23)6-14(20)15(24)7-11-12-2-3-13(16(25)9-22)21(12)8-17(18(11)20)27-19(21)26/h6,11-13,15,17-19,22,24,26H,2-5,7-9H2,1H3/t11-,12-,13-,15+,17-,18+,19?,20-,21+/m0/s1. The molecule has 1 spiro atoms. The van der Waals surface area contributed by atoms with Gasteiger partial charge in [-0.3, -0.25) is 9.59 Å². The van der Waals surface area contributed by atoms with Crippen molar-refractivity contribution >= 4 is 11.6 Å². The average molecular weight is 376 g/mol. The van der Waals surface area contributed by atoms with Crippen LogP contribution in [-0.2, 0) is 14.3 Å². The number of ether oxygens (including phenoxy) is 1. The van der Waals surface area contributed by atoms with Gasteiger partial charge in [0.05, 0.1) is 12.2 Å². The minimum atomic E-state index is -1.00. The van der Waals surface area contributed by atoms with Gasteiger partial charge in [-0.1, -0.05) is 6.92 Å². The van der Waals surface area contributed by atoms with E-state index in [0.717, 1.165) is 12.0 Å². The fourth-order valence-corrected chi connectivity index (χ4v) is 7.85. The summed E-state index contributed by atoms with van der Waals surface area (Å²) in [5.41, 5.74) is -0.109. The Morgan fingerprint density at radius 3 is 2.85 bits per heavy atom. The lowest BCUT2D eigenvalue weighted by Crippen LogP contribution is -2.58. The number of Topliss-reactive ketones (excluding diaryl/α,β-unsaturated/α-hetero) is 1. The Hall–Kier alpha value is -1.08. The van der Waals surface area contributed by atoms with Crippen molar-refractivity contribution in [1.29, 1.82) is 0 Å². The highest BCUT2D eigenvalue weighted by Crippen LogP contribution is 2.71. The quantitative estimate of drug-likeness (QED) is 0.664. The Balaban J connectivity index is 1.60. The number of rotatable bonds is 2. The van der Waals surface area contributed by atoms with Crippen LogP contribution in [-0.4, -0.2) is 52.0 Å². The molecule has 9 atom stereocenters. The van der Waals surface area contributed by atoms with Gasteiger partial charge in [0, 0.05) is 17.8 Å². The first-order valence-electron chi connectivity index (χ1n) is 10.2. The molecule has 6 nitrogen and oxygen atoms in total. The predicted molar refractivity (Wildman–Crippen MR) is 94.3 cm³/mol. The SMILES string of the molecule is C[C@]12CCC(=O)C=C1[C@H](O)C[C@@H]1[C@@H]2[C@@H]2C[C@]3(C(O)O2)[C@H](C(=O)CO)CC[C@@H]13. The van der Waals surface area contributed by atoms with Crippen LogP contribution in [0.3, 0.4) is 0 Å². The monoisotopic (exact) mass is 376 g/mol. The summed E-state index contributed by atoms with van der Waals surface area (Å²) in [5, 5.41) is 31.3. The Morgan fingerprint density at radius 2 is 2.11 bits per heavy atom. The largest absolute Gasteiger partial charge is 0.389 e. The fraction of sp³-hybridized carbons (Fsp3) is 0.810. The smallest absolute Gasteiger partial charge is 0.162 e. The van der Waals surface area contributed by atoms with Crippen LogP contribution in [0, 0.1) is 34.5 Å². The van der Waals surface area contributed by atoms with Crippen molar-refractivity contribution in [3.05, 3.63) is 11.6 Å². The van der Waals surface area contributed by atoms with Gasteiger partial charge in [-0.15, -0.1) is 0 Å². The van der Waals surface area contributed by atoms with Gasteiger partial charge in [0.2, 0.25) is 0 Å². The van der Waals surface area contributed by atoms with Crippen molar-refractivity contribution in [2.24, 2.45) is 34.5 Å². The Labute approximate surface area is 158 Å². The van der Waals surface area contributed by atoms with E-state index < -0.39 is 24.4 Å². The number of hydrogen-bond donors (Lipinski definition) is 3. The first-order valence-corrected chi connectivity index (χ1v) is 10.2. The number of carbonyl (C=O) groups excluding carboxylic acids is 2. The highest BCUT2D eigenvalue weighted by Gasteiger charge is 2.72. The summed E-state index contributed by atoms with van der Waals surface area (Å²) in [6.45, 7) is 1.64. The third-order valence-electron chi connectivity index (χ3n) is 8.80. The Kier molecular flexibility index (Phi) is 3.81. The molecule has 0 aromatic heterocycles. The molecule has 148 valence electrons. The highest BCUT2D eigenvalue weighted by atomic mass is 16.6. The van der Waals surface area contributed by atoms with Crippen molar-refractivity contribution in [2.75, 3.05) is 6.61 Å². The van der Waals surface area contributed by atoms with Crippen LogP contribution in [0.5, 0.6) is 0 Å². The molecule has 3 N–H and O–H groups in total. The number of hydrogen-bond acceptors (Lipinski definition) is 6. The minimum absolute atomic E-state index is 0.0759. The van der Waals surface area contributed by atoms with Gasteiger partial charge in [-0.05, 0) is 66.9 Å². The van der Waals surface area contributed by atoms with Crippen molar-refractivity contribution in [1.82, 2.24) is 0 Å². The molecule has 5 rings (SSSR count). The van der Waals surface area contributed by atoms with Crippen LogP contribution >= 0.6 is 0 Å². The first kappa shape index (κ1) is 18.0. The number of ketones is 2. The zero-order chi connectivity index (χ0) is 19.1. The van der Waals surface area contributed by atoms with E-state index >= 15 is 0 Å². The maximum atomic E-state index is 12.4. The molecule has 1 unspecified atom stereocenters. The predicted octanol–water partition coefficient (Wildman–Crippen LogP) is 0.974. The summed E-state index contributed by atoms with van der Waals surface area (Å²) in [7, 11) is 0. The molecule has 0 amide bonds. The van der Waals surface area contributed by atoms with Gasteiger partial charge >= 0.3 is 0 Å². The van der Waals surface area contributed by atoms with Crippen LogP contribution in [0.2, 0.25) is 0 Å². The second kappa shape index (κ2) is 5.72. The number of aliphatic hydroxyl groups is 3. The zero-order valence-electron chi connectivity index (χ0n) is 15.6. The Morgan fingerprint density at radius 1 is 1.33 bits per heavy atom. The van der Waals surface area contributed by atoms with Crippen molar-refractivity contribution < 1.29 is 29.6 Å². The number of aliphatic hydroxyl groups excluding tert-OH is 3. The molecule has 1 aliphatic heterocycles. The van der Waals surface area contributed by atoms with E-state index in [0.29, 0.717) is 32.1 Å². The molecular formula is C21H28O6. The molecule has 1 heterocycles. The molecule has 0 aromatic rings. The molecule has 4 fully saturated rings. The maximum Gasteiger partial charge on any atom is 0.162 e. The second-order valence-corrected chi connectivity index (χ2v) is 9.63. The van der Waals surface area contributed by atoms with Crippen LogP contribution in [0.15, 0.2) is 11.6 Å². The summed E-state index contributed by atoms with van der Waals surface area (Å²) in [6.07, 6.45) is 3.64. The molecule has 5 aliphatic rings. The summed E-state index contributed by atoms with van der Waals surface area (Å²) < 4.78 is 6.09. The second-order valence-electron chi connectivity index (χ2n) is 9.63. The average Bonchev–Trinajstić information content (AvgIpc) is 3.15. The van der Waals surface area contributed by atoms with Gasteiger partial charge in [0.25, 0.3) is 0 Å². The lowest BCUT2D eigenvalue weighted by Gasteiger charge is -2.58. The third kappa shape index (κ3) is 2.10. The maximum absolute atomic E-state index is 12.4. The fourth-order valence-electron chi connectivity index (χ4n) is 7.85. The van der Waals surface area contributed by atoms with Crippen molar-refractivity contribution in [3.63, 3.8) is 0 Å². The lowest BCUT2D eigenvalue weighted by atomic mass is 9.46. The van der Waals surface area contributed by atoms with Gasteiger partial charge in [-0.25, -0.2) is 0 Å². The van der Waals surface area contributed by atoms with Crippen LogP contribution in [0.1, 0.15) is 45.4 Å². The lowest BCUT2D eigenvalue weighted by molar-refractivity contribution is -0.160. The zero-order valence-corrected chi connectivity index (χ0v) is 15.6. The van der Waals surface area contributed by atoms with E-state index in [1.54, 1.807) is 6.08 Å². The molecule has 3 saturated carbocycles. The first-order chi connectivity index (χ1) is 12.8.